The van der Waals surface area contributed by atoms with Crippen molar-refractivity contribution in [2.75, 3.05) is 13.7 Å². The van der Waals surface area contributed by atoms with Crippen LogP contribution in [0.5, 0.6) is 0 Å². The molecule has 0 saturated heterocycles. The number of hydrogen-bond acceptors (Lipinski definition) is 6. The molecule has 0 bridgehead atoms. The number of hydrogen-bond donors (Lipinski definition) is 1. The second-order valence-corrected chi connectivity index (χ2v) is 7.45. The third-order valence-electron chi connectivity index (χ3n) is 5.21. The zero-order valence-electron chi connectivity index (χ0n) is 15.4. The van der Waals surface area contributed by atoms with Crippen molar-refractivity contribution in [3.05, 3.63) is 46.6 Å². The lowest BCUT2D eigenvalue weighted by Crippen LogP contribution is -2.18. The monoisotopic (exact) mass is 398 g/mol. The van der Waals surface area contributed by atoms with Gasteiger partial charge in [-0.15, -0.1) is 5.10 Å². The molecule has 0 amide bonds. The standard InChI is InChI=1S/C19H19ClN6O2/c1-27-7-6-26-17-10-11(2-4-15(17)23-25-26)19-22-18(24-28-19)16-9-12-8-13(20)3-5-14(12)21-16/h3,5,8-9,11,21H,2,4,6-7,10H2,1H3. The first-order chi connectivity index (χ1) is 13.7. The van der Waals surface area contributed by atoms with Gasteiger partial charge in [-0.05, 0) is 37.1 Å². The third-order valence-corrected chi connectivity index (χ3v) is 5.44. The number of halogens is 1. The largest absolute Gasteiger partial charge is 0.383 e. The number of H-pyrrole nitrogens is 1. The Bertz CT molecular complexity index is 1130. The van der Waals surface area contributed by atoms with E-state index >= 15 is 0 Å². The van der Waals surface area contributed by atoms with Gasteiger partial charge in [0.2, 0.25) is 11.7 Å². The molecular weight excluding hydrogens is 380 g/mol. The molecule has 4 aromatic rings. The van der Waals surface area contributed by atoms with E-state index in [1.807, 2.05) is 28.9 Å². The van der Waals surface area contributed by atoms with E-state index in [2.05, 4.69) is 25.4 Å². The highest BCUT2D eigenvalue weighted by Gasteiger charge is 2.29. The van der Waals surface area contributed by atoms with Crippen molar-refractivity contribution in [3.8, 4) is 11.5 Å². The number of ether oxygens (including phenoxy) is 1. The summed E-state index contributed by atoms with van der Waals surface area (Å²) in [5.74, 6) is 1.36. The van der Waals surface area contributed by atoms with Gasteiger partial charge in [-0.1, -0.05) is 22.0 Å². The van der Waals surface area contributed by atoms with Gasteiger partial charge >= 0.3 is 0 Å². The fourth-order valence-corrected chi connectivity index (χ4v) is 3.92. The Hall–Kier alpha value is -2.71. The zero-order chi connectivity index (χ0) is 19.1. The quantitative estimate of drug-likeness (QED) is 0.553. The highest BCUT2D eigenvalue weighted by Crippen LogP contribution is 2.32. The van der Waals surface area contributed by atoms with Crippen LogP contribution >= 0.6 is 11.6 Å². The minimum absolute atomic E-state index is 0.160. The number of nitrogens with zero attached hydrogens (tertiary/aromatic N) is 5. The first-order valence-electron chi connectivity index (χ1n) is 9.23. The van der Waals surface area contributed by atoms with Crippen molar-refractivity contribution in [1.82, 2.24) is 30.1 Å². The Morgan fingerprint density at radius 2 is 2.29 bits per heavy atom. The predicted molar refractivity (Wildman–Crippen MR) is 103 cm³/mol. The topological polar surface area (TPSA) is 94.7 Å². The van der Waals surface area contributed by atoms with Crippen molar-refractivity contribution in [2.24, 2.45) is 0 Å². The van der Waals surface area contributed by atoms with Gasteiger partial charge in [-0.2, -0.15) is 4.98 Å². The van der Waals surface area contributed by atoms with Gasteiger partial charge < -0.3 is 14.2 Å². The molecule has 8 nitrogen and oxygen atoms in total. The number of aromatic nitrogens is 6. The molecule has 1 aliphatic carbocycles. The van der Waals surface area contributed by atoms with Crippen molar-refractivity contribution < 1.29 is 9.26 Å². The highest BCUT2D eigenvalue weighted by molar-refractivity contribution is 6.31. The Balaban J connectivity index is 1.39. The summed E-state index contributed by atoms with van der Waals surface area (Å²) in [5, 5.41) is 14.5. The molecule has 5 rings (SSSR count). The van der Waals surface area contributed by atoms with Crippen molar-refractivity contribution in [2.45, 2.75) is 31.7 Å². The van der Waals surface area contributed by atoms with E-state index in [-0.39, 0.29) is 5.92 Å². The lowest BCUT2D eigenvalue weighted by atomic mass is 9.89. The molecule has 144 valence electrons. The molecule has 1 unspecified atom stereocenters. The van der Waals surface area contributed by atoms with Crippen molar-refractivity contribution in [1.29, 1.82) is 0 Å². The van der Waals surface area contributed by atoms with Gasteiger partial charge in [0.1, 0.15) is 0 Å². The molecule has 1 atom stereocenters. The van der Waals surface area contributed by atoms with Gasteiger partial charge in [-0.25, -0.2) is 4.68 Å². The van der Waals surface area contributed by atoms with Crippen LogP contribution in [0.2, 0.25) is 5.02 Å². The summed E-state index contributed by atoms with van der Waals surface area (Å²) in [7, 11) is 1.68. The number of methoxy groups -OCH3 is 1. The first kappa shape index (κ1) is 17.4. The van der Waals surface area contributed by atoms with Gasteiger partial charge in [0.15, 0.2) is 0 Å². The number of aromatic amines is 1. The average Bonchev–Trinajstić information content (AvgIpc) is 3.43. The summed E-state index contributed by atoms with van der Waals surface area (Å²) in [6.45, 7) is 1.30. The summed E-state index contributed by atoms with van der Waals surface area (Å²) in [6, 6.07) is 7.69. The zero-order valence-corrected chi connectivity index (χ0v) is 16.1. The maximum absolute atomic E-state index is 6.07. The smallest absolute Gasteiger partial charge is 0.230 e. The van der Waals surface area contributed by atoms with Crippen LogP contribution in [0.25, 0.3) is 22.4 Å². The molecule has 0 radical (unpaired) electrons. The fraction of sp³-hybridized carbons (Fsp3) is 0.368. The minimum atomic E-state index is 0.160. The summed E-state index contributed by atoms with van der Waals surface area (Å²) >= 11 is 6.07. The number of fused-ring (bicyclic) bond motifs is 2. The van der Waals surface area contributed by atoms with E-state index < -0.39 is 0 Å². The van der Waals surface area contributed by atoms with E-state index in [9.17, 15) is 0 Å². The molecule has 9 heteroatoms. The van der Waals surface area contributed by atoms with Crippen molar-refractivity contribution >= 4 is 22.5 Å². The van der Waals surface area contributed by atoms with Crippen LogP contribution in [-0.2, 0) is 24.1 Å². The summed E-state index contributed by atoms with van der Waals surface area (Å²) in [6.07, 6.45) is 2.56. The fourth-order valence-electron chi connectivity index (χ4n) is 3.74. The summed E-state index contributed by atoms with van der Waals surface area (Å²) in [4.78, 5) is 7.97. The van der Waals surface area contributed by atoms with E-state index in [1.54, 1.807) is 7.11 Å². The maximum atomic E-state index is 6.07. The molecule has 3 heterocycles. The molecule has 0 fully saturated rings. The predicted octanol–water partition coefficient (Wildman–Crippen LogP) is 3.38. The Morgan fingerprint density at radius 3 is 3.18 bits per heavy atom. The highest BCUT2D eigenvalue weighted by atomic mass is 35.5. The number of aryl methyl sites for hydroxylation is 1. The van der Waals surface area contributed by atoms with E-state index in [0.717, 1.165) is 47.2 Å². The van der Waals surface area contributed by atoms with Crippen LogP contribution in [-0.4, -0.2) is 43.8 Å². The van der Waals surface area contributed by atoms with Gasteiger partial charge in [-0.3, -0.25) is 0 Å². The Kier molecular flexibility index (Phi) is 4.37. The van der Waals surface area contributed by atoms with Crippen LogP contribution in [0, 0.1) is 0 Å². The third kappa shape index (κ3) is 3.08. The molecule has 1 N–H and O–H groups in total. The number of rotatable bonds is 5. The van der Waals surface area contributed by atoms with Crippen molar-refractivity contribution in [3.63, 3.8) is 0 Å². The summed E-state index contributed by atoms with van der Waals surface area (Å²) < 4.78 is 12.7. The van der Waals surface area contributed by atoms with Gasteiger partial charge in [0.05, 0.1) is 30.2 Å². The van der Waals surface area contributed by atoms with Crippen LogP contribution < -0.4 is 0 Å². The SMILES string of the molecule is COCCn1nnc2c1CC(c1nc(-c3cc4cc(Cl)ccc4[nH]3)no1)CC2. The summed E-state index contributed by atoms with van der Waals surface area (Å²) in [5.41, 5.74) is 3.99. The number of benzene rings is 1. The Morgan fingerprint density at radius 1 is 1.36 bits per heavy atom. The molecule has 0 aliphatic heterocycles. The van der Waals surface area contributed by atoms with E-state index in [0.29, 0.717) is 29.9 Å². The molecule has 0 spiro atoms. The van der Waals surface area contributed by atoms with E-state index in [4.69, 9.17) is 20.9 Å². The second kappa shape index (κ2) is 7.03. The molecule has 1 aromatic carbocycles. The van der Waals surface area contributed by atoms with Crippen LogP contribution in [0.3, 0.4) is 0 Å². The maximum Gasteiger partial charge on any atom is 0.230 e. The lowest BCUT2D eigenvalue weighted by Gasteiger charge is -2.18. The molecule has 0 saturated carbocycles. The van der Waals surface area contributed by atoms with Gasteiger partial charge in [0, 0.05) is 35.4 Å². The Labute approximate surface area is 165 Å². The minimum Gasteiger partial charge on any atom is -0.383 e. The average molecular weight is 399 g/mol. The molecular formula is C19H19ClN6O2. The molecule has 3 aromatic heterocycles. The van der Waals surface area contributed by atoms with Crippen LogP contribution in [0.4, 0.5) is 0 Å². The van der Waals surface area contributed by atoms with Crippen LogP contribution in [0.15, 0.2) is 28.8 Å². The van der Waals surface area contributed by atoms with Gasteiger partial charge in [0.25, 0.3) is 0 Å². The van der Waals surface area contributed by atoms with Crippen LogP contribution in [0.1, 0.15) is 29.6 Å². The molecule has 1 aliphatic rings. The number of nitrogens with one attached hydrogen (secondary N) is 1. The normalized spacial score (nSPS) is 16.6. The first-order valence-corrected chi connectivity index (χ1v) is 9.61. The molecule has 28 heavy (non-hydrogen) atoms. The lowest BCUT2D eigenvalue weighted by molar-refractivity contribution is 0.181. The van der Waals surface area contributed by atoms with E-state index in [1.165, 1.54) is 0 Å². The second-order valence-electron chi connectivity index (χ2n) is 7.01.